The van der Waals surface area contributed by atoms with Crippen LogP contribution in [0.1, 0.15) is 32.6 Å². The van der Waals surface area contributed by atoms with Crippen molar-refractivity contribution < 1.29 is 14.3 Å². The van der Waals surface area contributed by atoms with Gasteiger partial charge in [0.2, 0.25) is 11.8 Å². The summed E-state index contributed by atoms with van der Waals surface area (Å²) < 4.78 is 5.22. The maximum atomic E-state index is 12.5. The highest BCUT2D eigenvalue weighted by molar-refractivity contribution is 6.00. The van der Waals surface area contributed by atoms with E-state index in [0.717, 1.165) is 24.6 Å². The van der Waals surface area contributed by atoms with Crippen LogP contribution in [0.15, 0.2) is 24.3 Å². The third-order valence-corrected chi connectivity index (χ3v) is 5.55. The van der Waals surface area contributed by atoms with Crippen LogP contribution in [0.4, 0.5) is 5.69 Å². The van der Waals surface area contributed by atoms with Gasteiger partial charge >= 0.3 is 0 Å². The van der Waals surface area contributed by atoms with Crippen molar-refractivity contribution in [2.45, 2.75) is 32.6 Å². The van der Waals surface area contributed by atoms with Crippen LogP contribution in [0.2, 0.25) is 0 Å². The summed E-state index contributed by atoms with van der Waals surface area (Å²) in [5.74, 6) is 1.19. The van der Waals surface area contributed by atoms with Gasteiger partial charge in [0.05, 0.1) is 13.0 Å². The number of rotatable bonds is 7. The topological polar surface area (TPSA) is 61.9 Å². The third kappa shape index (κ3) is 5.22. The van der Waals surface area contributed by atoms with Gasteiger partial charge in [0.1, 0.15) is 5.75 Å². The number of ether oxygens (including phenoxy) is 1. The summed E-state index contributed by atoms with van der Waals surface area (Å²) in [4.78, 5) is 29.0. The lowest BCUT2D eigenvalue weighted by Crippen LogP contribution is -2.38. The van der Waals surface area contributed by atoms with E-state index in [0.29, 0.717) is 18.8 Å². The molecule has 0 spiro atoms. The minimum Gasteiger partial charge on any atom is -0.497 e. The minimum atomic E-state index is -0.279. The monoisotopic (exact) mass is 373 g/mol. The SMILES string of the molecule is COc1cccc(N2C[C@H](C(=O)NCCCN3CCC[C@@H](C)C3)CC2=O)c1. The van der Waals surface area contributed by atoms with Gasteiger partial charge < -0.3 is 19.9 Å². The molecule has 1 N–H and O–H groups in total. The molecule has 2 aliphatic rings. The molecule has 2 atom stereocenters. The van der Waals surface area contributed by atoms with Crippen molar-refractivity contribution in [3.63, 3.8) is 0 Å². The second-order valence-corrected chi connectivity index (χ2v) is 7.80. The number of nitrogens with one attached hydrogen (secondary N) is 1. The molecule has 0 unspecified atom stereocenters. The van der Waals surface area contributed by atoms with E-state index >= 15 is 0 Å². The number of carbonyl (C=O) groups is 2. The first kappa shape index (κ1) is 19.7. The number of anilines is 1. The Morgan fingerprint density at radius 3 is 2.96 bits per heavy atom. The summed E-state index contributed by atoms with van der Waals surface area (Å²) in [7, 11) is 1.60. The minimum absolute atomic E-state index is 0.00860. The number of nitrogens with zero attached hydrogens (tertiary/aromatic N) is 2. The second kappa shape index (κ2) is 9.22. The zero-order valence-corrected chi connectivity index (χ0v) is 16.4. The Kier molecular flexibility index (Phi) is 6.72. The molecule has 2 amide bonds. The van der Waals surface area contributed by atoms with Gasteiger partial charge in [0.25, 0.3) is 0 Å². The Bertz CT molecular complexity index is 664. The predicted molar refractivity (Wildman–Crippen MR) is 106 cm³/mol. The van der Waals surface area contributed by atoms with E-state index in [-0.39, 0.29) is 24.2 Å². The number of hydrogen-bond acceptors (Lipinski definition) is 4. The Hall–Kier alpha value is -2.08. The molecule has 0 aromatic heterocycles. The molecule has 0 saturated carbocycles. The van der Waals surface area contributed by atoms with Gasteiger partial charge in [-0.25, -0.2) is 0 Å². The molecule has 27 heavy (non-hydrogen) atoms. The molecule has 1 aromatic rings. The quantitative estimate of drug-likeness (QED) is 0.745. The van der Waals surface area contributed by atoms with Gasteiger partial charge in [0.15, 0.2) is 0 Å². The molecule has 2 aliphatic heterocycles. The van der Waals surface area contributed by atoms with Crippen LogP contribution in [0.3, 0.4) is 0 Å². The van der Waals surface area contributed by atoms with E-state index in [9.17, 15) is 9.59 Å². The lowest BCUT2D eigenvalue weighted by atomic mass is 10.0. The molecule has 0 radical (unpaired) electrons. The standard InChI is InChI=1S/C21H31N3O3/c1-16-6-4-10-23(14-16)11-5-9-22-21(26)17-12-20(25)24(15-17)18-7-3-8-19(13-18)27-2/h3,7-8,13,16-17H,4-6,9-12,14-15H2,1-2H3,(H,22,26)/t16-,17-/m1/s1. The van der Waals surface area contributed by atoms with Crippen LogP contribution in [0.5, 0.6) is 5.75 Å². The lowest BCUT2D eigenvalue weighted by molar-refractivity contribution is -0.126. The van der Waals surface area contributed by atoms with E-state index in [1.165, 1.54) is 25.9 Å². The zero-order valence-electron chi connectivity index (χ0n) is 16.4. The summed E-state index contributed by atoms with van der Waals surface area (Å²) in [5.41, 5.74) is 0.786. The molecule has 0 aliphatic carbocycles. The molecular formula is C21H31N3O3. The van der Waals surface area contributed by atoms with E-state index < -0.39 is 0 Å². The van der Waals surface area contributed by atoms with E-state index in [1.54, 1.807) is 12.0 Å². The zero-order chi connectivity index (χ0) is 19.2. The fourth-order valence-electron chi connectivity index (χ4n) is 4.06. The number of amides is 2. The predicted octanol–water partition coefficient (Wildman–Crippen LogP) is 2.29. The number of piperidine rings is 1. The van der Waals surface area contributed by atoms with Crippen LogP contribution in [0, 0.1) is 11.8 Å². The average molecular weight is 373 g/mol. The smallest absolute Gasteiger partial charge is 0.227 e. The fraction of sp³-hybridized carbons (Fsp3) is 0.619. The van der Waals surface area contributed by atoms with Crippen molar-refractivity contribution in [3.8, 4) is 5.75 Å². The van der Waals surface area contributed by atoms with Gasteiger partial charge in [-0.2, -0.15) is 0 Å². The summed E-state index contributed by atoms with van der Waals surface area (Å²) in [6, 6.07) is 7.41. The molecule has 1 aromatic carbocycles. The van der Waals surface area contributed by atoms with Crippen LogP contribution in [-0.4, -0.2) is 56.5 Å². The molecule has 148 valence electrons. The second-order valence-electron chi connectivity index (χ2n) is 7.80. The maximum Gasteiger partial charge on any atom is 0.227 e. The molecular weight excluding hydrogens is 342 g/mol. The first-order valence-electron chi connectivity index (χ1n) is 10.0. The van der Waals surface area contributed by atoms with Crippen molar-refractivity contribution in [2.75, 3.05) is 44.7 Å². The maximum absolute atomic E-state index is 12.5. The summed E-state index contributed by atoms with van der Waals surface area (Å²) >= 11 is 0. The highest BCUT2D eigenvalue weighted by Gasteiger charge is 2.35. The molecule has 2 saturated heterocycles. The van der Waals surface area contributed by atoms with E-state index in [4.69, 9.17) is 4.74 Å². The summed E-state index contributed by atoms with van der Waals surface area (Å²) in [6.07, 6.45) is 3.83. The normalized spacial score (nSPS) is 23.5. The summed E-state index contributed by atoms with van der Waals surface area (Å²) in [6.45, 7) is 6.78. The highest BCUT2D eigenvalue weighted by Crippen LogP contribution is 2.28. The van der Waals surface area contributed by atoms with Crippen molar-refractivity contribution >= 4 is 17.5 Å². The number of methoxy groups -OCH3 is 1. The van der Waals surface area contributed by atoms with Crippen LogP contribution in [-0.2, 0) is 9.59 Å². The third-order valence-electron chi connectivity index (χ3n) is 5.55. The van der Waals surface area contributed by atoms with E-state index in [2.05, 4.69) is 17.1 Å². The molecule has 0 bridgehead atoms. The largest absolute Gasteiger partial charge is 0.497 e. The first-order chi connectivity index (χ1) is 13.1. The molecule has 6 nitrogen and oxygen atoms in total. The van der Waals surface area contributed by atoms with Crippen molar-refractivity contribution in [1.82, 2.24) is 10.2 Å². The van der Waals surface area contributed by atoms with E-state index in [1.807, 2.05) is 24.3 Å². The van der Waals surface area contributed by atoms with Gasteiger partial charge in [-0.1, -0.05) is 13.0 Å². The Labute approximate surface area is 161 Å². The van der Waals surface area contributed by atoms with Gasteiger partial charge in [-0.05, 0) is 50.4 Å². The van der Waals surface area contributed by atoms with Crippen LogP contribution in [0.25, 0.3) is 0 Å². The summed E-state index contributed by atoms with van der Waals surface area (Å²) in [5, 5.41) is 3.02. The highest BCUT2D eigenvalue weighted by atomic mass is 16.5. The molecule has 6 heteroatoms. The molecule has 2 heterocycles. The Morgan fingerprint density at radius 1 is 1.33 bits per heavy atom. The van der Waals surface area contributed by atoms with Crippen molar-refractivity contribution in [3.05, 3.63) is 24.3 Å². The molecule has 2 fully saturated rings. The average Bonchev–Trinajstić information content (AvgIpc) is 3.07. The Balaban J connectivity index is 1.43. The van der Waals surface area contributed by atoms with Gasteiger partial charge in [-0.3, -0.25) is 9.59 Å². The van der Waals surface area contributed by atoms with Gasteiger partial charge in [-0.15, -0.1) is 0 Å². The lowest BCUT2D eigenvalue weighted by Gasteiger charge is -2.30. The van der Waals surface area contributed by atoms with Crippen LogP contribution >= 0.6 is 0 Å². The van der Waals surface area contributed by atoms with Crippen LogP contribution < -0.4 is 15.0 Å². The fourth-order valence-corrected chi connectivity index (χ4v) is 4.06. The molecule has 3 rings (SSSR count). The first-order valence-corrected chi connectivity index (χ1v) is 10.0. The number of benzene rings is 1. The van der Waals surface area contributed by atoms with Gasteiger partial charge in [0, 0.05) is 37.8 Å². The van der Waals surface area contributed by atoms with Crippen molar-refractivity contribution in [1.29, 1.82) is 0 Å². The number of hydrogen-bond donors (Lipinski definition) is 1. The Morgan fingerprint density at radius 2 is 2.19 bits per heavy atom. The number of likely N-dealkylation sites (tertiary alicyclic amines) is 1. The van der Waals surface area contributed by atoms with Crippen molar-refractivity contribution in [2.24, 2.45) is 11.8 Å². The number of carbonyl (C=O) groups excluding carboxylic acids is 2.